The fraction of sp³-hybridized carbons (Fsp3) is 0.292. The number of rotatable bonds is 3. The molecular weight excluding hydrogens is 457 g/mol. The number of benzene rings is 2. The summed E-state index contributed by atoms with van der Waals surface area (Å²) in [5.74, 6) is -3.38. The summed E-state index contributed by atoms with van der Waals surface area (Å²) in [6.45, 7) is 3.49. The molecule has 2 aromatic carbocycles. The van der Waals surface area contributed by atoms with Gasteiger partial charge in [-0.1, -0.05) is 43.6 Å². The molecule has 4 rings (SSSR count). The smallest absolute Gasteiger partial charge is 0.326 e. The summed E-state index contributed by atoms with van der Waals surface area (Å²) in [6, 6.07) is 12.9. The summed E-state index contributed by atoms with van der Waals surface area (Å²) in [5.41, 5.74) is -4.89. The Labute approximate surface area is 193 Å². The third-order valence-electron chi connectivity index (χ3n) is 5.87. The standard InChI is InChI=1S/C24H20ClF3N2O3/c1-22(2)12-17-19(18(31)13-22)23(24(26,27)28,29-20(32)14-6-4-3-5-7-14)21(33)30(17)16-10-8-15(25)9-11-16/h3-11H,12-13H2,1-2H3,(H,29,32). The van der Waals surface area contributed by atoms with Crippen molar-refractivity contribution in [2.75, 3.05) is 4.90 Å². The SMILES string of the molecule is CC1(C)CC(=O)C2=C(C1)N(c1ccc(Cl)cc1)C(=O)C2(NC(=O)c1ccccc1)C(F)(F)F. The topological polar surface area (TPSA) is 66.5 Å². The minimum absolute atomic E-state index is 0.0431. The second-order valence-electron chi connectivity index (χ2n) is 8.95. The molecule has 1 aliphatic heterocycles. The molecule has 2 aliphatic rings. The fourth-order valence-corrected chi connectivity index (χ4v) is 4.57. The number of Topliss-reactive ketones (excluding diaryl/α,β-unsaturated/α-hetero) is 1. The molecule has 1 N–H and O–H groups in total. The maximum Gasteiger partial charge on any atom is 0.425 e. The Morgan fingerprint density at radius 1 is 1.00 bits per heavy atom. The van der Waals surface area contributed by atoms with Crippen molar-refractivity contribution in [3.05, 3.63) is 76.5 Å². The Hall–Kier alpha value is -3.13. The number of nitrogens with one attached hydrogen (secondary N) is 1. The van der Waals surface area contributed by atoms with E-state index in [0.717, 1.165) is 4.90 Å². The van der Waals surface area contributed by atoms with Gasteiger partial charge in [0.15, 0.2) is 5.78 Å². The van der Waals surface area contributed by atoms with Crippen molar-refractivity contribution in [3.63, 3.8) is 0 Å². The molecule has 5 nitrogen and oxygen atoms in total. The molecule has 9 heteroatoms. The predicted octanol–water partition coefficient (Wildman–Crippen LogP) is 5.06. The summed E-state index contributed by atoms with van der Waals surface area (Å²) in [5, 5.41) is 2.24. The van der Waals surface area contributed by atoms with E-state index in [4.69, 9.17) is 11.6 Å². The molecule has 0 radical (unpaired) electrons. The van der Waals surface area contributed by atoms with Gasteiger partial charge in [0.2, 0.25) is 5.54 Å². The Bertz CT molecular complexity index is 1170. The first-order chi connectivity index (χ1) is 15.4. The minimum atomic E-state index is -5.27. The fourth-order valence-electron chi connectivity index (χ4n) is 4.45. The van der Waals surface area contributed by atoms with Gasteiger partial charge in [-0.05, 0) is 48.2 Å². The Kier molecular flexibility index (Phi) is 5.40. The van der Waals surface area contributed by atoms with Gasteiger partial charge in [0, 0.05) is 28.4 Å². The summed E-state index contributed by atoms with van der Waals surface area (Å²) >= 11 is 5.92. The van der Waals surface area contributed by atoms with Gasteiger partial charge in [-0.25, -0.2) is 0 Å². The van der Waals surface area contributed by atoms with Crippen molar-refractivity contribution < 1.29 is 27.6 Å². The molecule has 33 heavy (non-hydrogen) atoms. The highest BCUT2D eigenvalue weighted by molar-refractivity contribution is 6.30. The summed E-state index contributed by atoms with van der Waals surface area (Å²) in [6.07, 6.45) is -5.42. The highest BCUT2D eigenvalue weighted by Gasteiger charge is 2.71. The van der Waals surface area contributed by atoms with Crippen LogP contribution in [0, 0.1) is 5.41 Å². The first-order valence-corrected chi connectivity index (χ1v) is 10.6. The monoisotopic (exact) mass is 476 g/mol. The van der Waals surface area contributed by atoms with E-state index in [9.17, 15) is 27.6 Å². The zero-order chi connectivity index (χ0) is 24.2. The maximum absolute atomic E-state index is 14.8. The van der Waals surface area contributed by atoms with Crippen LogP contribution in [0.15, 0.2) is 65.9 Å². The van der Waals surface area contributed by atoms with Crippen LogP contribution < -0.4 is 10.2 Å². The van der Waals surface area contributed by atoms with Crippen LogP contribution in [0.5, 0.6) is 0 Å². The van der Waals surface area contributed by atoms with Crippen LogP contribution in [0.2, 0.25) is 5.02 Å². The van der Waals surface area contributed by atoms with E-state index in [-0.39, 0.29) is 29.8 Å². The van der Waals surface area contributed by atoms with Gasteiger partial charge in [-0.15, -0.1) is 0 Å². The lowest BCUT2D eigenvalue weighted by Gasteiger charge is -2.35. The first-order valence-electron chi connectivity index (χ1n) is 10.2. The lowest BCUT2D eigenvalue weighted by Crippen LogP contribution is -2.66. The Morgan fingerprint density at radius 3 is 2.18 bits per heavy atom. The molecular formula is C24H20ClF3N2O3. The highest BCUT2D eigenvalue weighted by Crippen LogP contribution is 2.52. The van der Waals surface area contributed by atoms with E-state index in [0.29, 0.717) is 5.02 Å². The van der Waals surface area contributed by atoms with E-state index in [1.165, 1.54) is 48.5 Å². The molecule has 172 valence electrons. The molecule has 1 heterocycles. The van der Waals surface area contributed by atoms with Crippen molar-refractivity contribution >= 4 is 34.9 Å². The lowest BCUT2D eigenvalue weighted by molar-refractivity contribution is -0.186. The van der Waals surface area contributed by atoms with E-state index < -0.39 is 40.3 Å². The number of nitrogens with zero attached hydrogens (tertiary/aromatic N) is 1. The number of alkyl halides is 3. The van der Waals surface area contributed by atoms with E-state index in [1.807, 2.05) is 5.32 Å². The van der Waals surface area contributed by atoms with Gasteiger partial charge < -0.3 is 5.32 Å². The predicted molar refractivity (Wildman–Crippen MR) is 117 cm³/mol. The van der Waals surface area contributed by atoms with Crippen molar-refractivity contribution in [1.82, 2.24) is 5.32 Å². The van der Waals surface area contributed by atoms with E-state index in [2.05, 4.69) is 0 Å². The van der Waals surface area contributed by atoms with Crippen molar-refractivity contribution in [2.45, 2.75) is 38.4 Å². The molecule has 2 amide bonds. The Morgan fingerprint density at radius 2 is 1.61 bits per heavy atom. The molecule has 0 saturated carbocycles. The number of hydrogen-bond acceptors (Lipinski definition) is 3. The van der Waals surface area contributed by atoms with Crippen LogP contribution in [0.4, 0.5) is 18.9 Å². The molecule has 2 aromatic rings. The van der Waals surface area contributed by atoms with Crippen molar-refractivity contribution in [1.29, 1.82) is 0 Å². The number of hydrogen-bond donors (Lipinski definition) is 1. The van der Waals surface area contributed by atoms with Gasteiger partial charge >= 0.3 is 6.18 Å². The van der Waals surface area contributed by atoms with Gasteiger partial charge in [-0.3, -0.25) is 19.3 Å². The number of anilines is 1. The lowest BCUT2D eigenvalue weighted by atomic mass is 9.72. The van der Waals surface area contributed by atoms with E-state index in [1.54, 1.807) is 19.9 Å². The molecule has 1 aliphatic carbocycles. The third-order valence-corrected chi connectivity index (χ3v) is 6.12. The average molecular weight is 477 g/mol. The van der Waals surface area contributed by atoms with Crippen LogP contribution in [0.1, 0.15) is 37.0 Å². The van der Waals surface area contributed by atoms with Crippen LogP contribution in [0.3, 0.4) is 0 Å². The zero-order valence-electron chi connectivity index (χ0n) is 17.8. The zero-order valence-corrected chi connectivity index (χ0v) is 18.6. The van der Waals surface area contributed by atoms with Crippen LogP contribution in [-0.4, -0.2) is 29.3 Å². The van der Waals surface area contributed by atoms with E-state index >= 15 is 0 Å². The summed E-state index contributed by atoms with van der Waals surface area (Å²) in [7, 11) is 0. The van der Waals surface area contributed by atoms with Crippen LogP contribution in [0.25, 0.3) is 0 Å². The molecule has 0 fully saturated rings. The normalized spacial score (nSPS) is 22.4. The molecule has 0 bridgehead atoms. The second-order valence-corrected chi connectivity index (χ2v) is 9.38. The Balaban J connectivity index is 1.94. The maximum atomic E-state index is 14.8. The van der Waals surface area contributed by atoms with Crippen molar-refractivity contribution in [2.24, 2.45) is 5.41 Å². The van der Waals surface area contributed by atoms with Gasteiger partial charge in [0.25, 0.3) is 11.8 Å². The summed E-state index contributed by atoms with van der Waals surface area (Å²) in [4.78, 5) is 40.5. The summed E-state index contributed by atoms with van der Waals surface area (Å²) < 4.78 is 44.3. The second kappa shape index (κ2) is 7.73. The van der Waals surface area contributed by atoms with Gasteiger partial charge in [0.05, 0.1) is 5.57 Å². The molecule has 1 atom stereocenters. The highest BCUT2D eigenvalue weighted by atomic mass is 35.5. The van der Waals surface area contributed by atoms with Crippen LogP contribution in [-0.2, 0) is 9.59 Å². The molecule has 0 spiro atoms. The van der Waals surface area contributed by atoms with Crippen LogP contribution >= 0.6 is 11.6 Å². The molecule has 1 unspecified atom stereocenters. The van der Waals surface area contributed by atoms with Gasteiger partial charge in [-0.2, -0.15) is 13.2 Å². The number of halogens is 4. The molecule has 0 saturated heterocycles. The largest absolute Gasteiger partial charge is 0.425 e. The number of carbonyl (C=O) groups excluding carboxylic acids is 3. The average Bonchev–Trinajstić information content (AvgIpc) is 2.97. The first kappa shape index (κ1) is 23.0. The number of amides is 2. The number of carbonyl (C=O) groups is 3. The number of allylic oxidation sites excluding steroid dienone is 1. The van der Waals surface area contributed by atoms with Gasteiger partial charge in [0.1, 0.15) is 0 Å². The minimum Gasteiger partial charge on any atom is -0.326 e. The number of ketones is 1. The quantitative estimate of drug-likeness (QED) is 0.673. The molecule has 0 aromatic heterocycles. The van der Waals surface area contributed by atoms with Crippen molar-refractivity contribution in [3.8, 4) is 0 Å². The third kappa shape index (κ3) is 3.72.